The zero-order chi connectivity index (χ0) is 38.8. The Bertz CT molecular complexity index is 1680. The summed E-state index contributed by atoms with van der Waals surface area (Å²) in [4.78, 5) is 43.5. The van der Waals surface area contributed by atoms with E-state index < -0.39 is 60.7 Å². The number of alkyl halides is 2. The van der Waals surface area contributed by atoms with E-state index >= 15 is 0 Å². The molecule has 0 aliphatic carbocycles. The van der Waals surface area contributed by atoms with Gasteiger partial charge in [-0.2, -0.15) is 8.78 Å². The Morgan fingerprint density at radius 2 is 1.70 bits per heavy atom. The van der Waals surface area contributed by atoms with Gasteiger partial charge in [0, 0.05) is 25.5 Å². The van der Waals surface area contributed by atoms with Crippen LogP contribution in [0, 0.1) is 11.3 Å². The number of aliphatic hydroxyl groups is 1. The van der Waals surface area contributed by atoms with Crippen LogP contribution >= 0.6 is 0 Å². The van der Waals surface area contributed by atoms with Crippen LogP contribution in [0.4, 0.5) is 18.4 Å². The molecule has 54 heavy (non-hydrogen) atoms. The van der Waals surface area contributed by atoms with E-state index in [1.165, 1.54) is 36.4 Å². The molecule has 4 N–H and O–H groups in total. The van der Waals surface area contributed by atoms with Crippen molar-refractivity contribution in [2.45, 2.75) is 77.4 Å². The SMILES string of the molecule is COC(=O)N[C@H](C(=O)NN(Cc1ccc(OC(F)F)cc1)C[C@H](O)[C@H](Cc1ccc(-c2cccnc2)cc1)NC(=O)O[C@H]1CO[C@H]2OCC[C@H]21)C(C)(C)C. The number of carbonyl (C=O) groups excluding carboxylic acids is 3. The number of carbonyl (C=O) groups is 3. The van der Waals surface area contributed by atoms with Crippen molar-refractivity contribution in [1.29, 1.82) is 0 Å². The summed E-state index contributed by atoms with van der Waals surface area (Å²) in [6, 6.07) is 15.2. The number of ether oxygens (including phenoxy) is 5. The van der Waals surface area contributed by atoms with E-state index in [0.29, 0.717) is 18.6 Å². The summed E-state index contributed by atoms with van der Waals surface area (Å²) in [7, 11) is 1.18. The van der Waals surface area contributed by atoms with Crippen LogP contribution in [-0.4, -0.2) is 97.3 Å². The first-order valence-electron chi connectivity index (χ1n) is 17.6. The number of hydrazine groups is 1. The Balaban J connectivity index is 1.38. The van der Waals surface area contributed by atoms with Crippen LogP contribution in [0.5, 0.6) is 5.75 Å². The number of rotatable bonds is 15. The molecule has 2 aromatic carbocycles. The second-order valence-corrected chi connectivity index (χ2v) is 14.2. The predicted octanol–water partition coefficient (Wildman–Crippen LogP) is 4.41. The lowest BCUT2D eigenvalue weighted by Gasteiger charge is -2.34. The Hall–Kier alpha value is -4.90. The quantitative estimate of drug-likeness (QED) is 0.162. The van der Waals surface area contributed by atoms with Crippen molar-refractivity contribution < 1.29 is 52.0 Å². The van der Waals surface area contributed by atoms with Gasteiger partial charge in [-0.3, -0.25) is 15.2 Å². The molecule has 0 bridgehead atoms. The molecule has 2 aliphatic rings. The van der Waals surface area contributed by atoms with E-state index in [4.69, 9.17) is 18.9 Å². The third-order valence-electron chi connectivity index (χ3n) is 9.19. The molecule has 14 nitrogen and oxygen atoms in total. The molecule has 0 radical (unpaired) electrons. The van der Waals surface area contributed by atoms with Crippen LogP contribution in [-0.2, 0) is 36.7 Å². The second kappa shape index (κ2) is 18.4. The van der Waals surface area contributed by atoms with Crippen molar-refractivity contribution in [3.05, 3.63) is 84.2 Å². The van der Waals surface area contributed by atoms with Gasteiger partial charge in [0.25, 0.3) is 5.91 Å². The van der Waals surface area contributed by atoms with Gasteiger partial charge in [-0.1, -0.05) is 63.2 Å². The molecule has 5 rings (SSSR count). The first kappa shape index (κ1) is 40.3. The van der Waals surface area contributed by atoms with Crippen molar-refractivity contribution in [1.82, 2.24) is 26.1 Å². The lowest BCUT2D eigenvalue weighted by Crippen LogP contribution is -2.59. The van der Waals surface area contributed by atoms with Gasteiger partial charge in [0.15, 0.2) is 6.29 Å². The number of pyridine rings is 1. The van der Waals surface area contributed by atoms with E-state index in [1.54, 1.807) is 33.2 Å². The van der Waals surface area contributed by atoms with Crippen molar-refractivity contribution in [2.24, 2.45) is 11.3 Å². The van der Waals surface area contributed by atoms with Crippen molar-refractivity contribution in [3.8, 4) is 16.9 Å². The number of fused-ring (bicyclic) bond motifs is 1. The summed E-state index contributed by atoms with van der Waals surface area (Å²) in [6.07, 6.45) is 0.463. The van der Waals surface area contributed by atoms with Crippen molar-refractivity contribution >= 4 is 18.1 Å². The van der Waals surface area contributed by atoms with Crippen LogP contribution < -0.4 is 20.8 Å². The molecule has 6 atom stereocenters. The molecule has 0 spiro atoms. The van der Waals surface area contributed by atoms with Crippen molar-refractivity contribution in [3.63, 3.8) is 0 Å². The second-order valence-electron chi connectivity index (χ2n) is 14.2. The molecule has 0 saturated carbocycles. The molecular formula is C38H47F2N5O9. The van der Waals surface area contributed by atoms with Gasteiger partial charge in [-0.15, -0.1) is 0 Å². The highest BCUT2D eigenvalue weighted by molar-refractivity contribution is 5.86. The van der Waals surface area contributed by atoms with Gasteiger partial charge in [-0.05, 0) is 58.7 Å². The summed E-state index contributed by atoms with van der Waals surface area (Å²) >= 11 is 0. The average molecular weight is 756 g/mol. The van der Waals surface area contributed by atoms with Gasteiger partial charge in [0.05, 0.1) is 38.4 Å². The Morgan fingerprint density at radius 3 is 2.35 bits per heavy atom. The molecule has 2 saturated heterocycles. The van der Waals surface area contributed by atoms with E-state index in [9.17, 15) is 28.3 Å². The molecule has 3 heterocycles. The zero-order valence-electron chi connectivity index (χ0n) is 30.6. The molecule has 1 aromatic heterocycles. The number of aromatic nitrogens is 1. The van der Waals surface area contributed by atoms with Gasteiger partial charge < -0.3 is 39.4 Å². The van der Waals surface area contributed by atoms with Gasteiger partial charge >= 0.3 is 18.8 Å². The summed E-state index contributed by atoms with van der Waals surface area (Å²) in [5, 5.41) is 18.6. The zero-order valence-corrected chi connectivity index (χ0v) is 30.6. The number of alkyl carbamates (subject to hydrolysis) is 2. The third-order valence-corrected chi connectivity index (χ3v) is 9.19. The smallest absolute Gasteiger partial charge is 0.407 e. The first-order valence-corrected chi connectivity index (χ1v) is 17.6. The number of hydrogen-bond acceptors (Lipinski definition) is 11. The van der Waals surface area contributed by atoms with Gasteiger partial charge in [0.1, 0.15) is 17.9 Å². The largest absolute Gasteiger partial charge is 0.453 e. The van der Waals surface area contributed by atoms with E-state index in [-0.39, 0.29) is 37.8 Å². The summed E-state index contributed by atoms with van der Waals surface area (Å²) in [5.74, 6) is -0.765. The number of amides is 3. The lowest BCUT2D eigenvalue weighted by molar-refractivity contribution is -0.131. The number of nitrogens with one attached hydrogen (secondary N) is 3. The number of halogens is 2. The number of methoxy groups -OCH3 is 1. The van der Waals surface area contributed by atoms with E-state index in [2.05, 4.69) is 25.8 Å². The highest BCUT2D eigenvalue weighted by atomic mass is 19.3. The minimum atomic E-state index is -3.00. The first-order chi connectivity index (χ1) is 25.8. The van der Waals surface area contributed by atoms with Crippen LogP contribution in [0.1, 0.15) is 38.3 Å². The standard InChI is InChI=1S/C38H47F2N5O9/c1-38(2,3)32(43-36(48)50-4)33(47)44-45(20-24-9-13-27(14-10-24)53-35(39)40)21-30(46)29(42-37(49)54-31-22-52-34-28(31)15-17-51-34)18-23-7-11-25(12-8-23)26-6-5-16-41-19-26/h5-14,16,19,28-32,34-35,46H,15,17-18,20-22H2,1-4H3,(H,42,49)(H,43,48)(H,44,47)/t28-,29-,30-,31-,32+,34+/m0/s1. The van der Waals surface area contributed by atoms with E-state index in [1.807, 2.05) is 36.4 Å². The third kappa shape index (κ3) is 11.3. The van der Waals surface area contributed by atoms with Gasteiger partial charge in [-0.25, -0.2) is 14.6 Å². The molecule has 2 fully saturated rings. The summed E-state index contributed by atoms with van der Waals surface area (Å²) in [5.41, 5.74) is 5.24. The fourth-order valence-corrected chi connectivity index (χ4v) is 6.35. The maximum atomic E-state index is 13.7. The molecule has 16 heteroatoms. The Morgan fingerprint density at radius 1 is 0.981 bits per heavy atom. The Labute approximate surface area is 312 Å². The molecule has 3 aromatic rings. The average Bonchev–Trinajstić information content (AvgIpc) is 3.76. The number of nitrogens with zero attached hydrogens (tertiary/aromatic N) is 2. The van der Waals surface area contributed by atoms with E-state index in [0.717, 1.165) is 16.7 Å². The lowest BCUT2D eigenvalue weighted by atomic mass is 9.86. The minimum absolute atomic E-state index is 0.00764. The minimum Gasteiger partial charge on any atom is -0.453 e. The van der Waals surface area contributed by atoms with Gasteiger partial charge in [0.2, 0.25) is 0 Å². The molecule has 3 amide bonds. The Kier molecular flexibility index (Phi) is 13.7. The predicted molar refractivity (Wildman–Crippen MR) is 191 cm³/mol. The highest BCUT2D eigenvalue weighted by Gasteiger charge is 2.44. The van der Waals surface area contributed by atoms with Crippen LogP contribution in [0.3, 0.4) is 0 Å². The molecule has 292 valence electrons. The summed E-state index contributed by atoms with van der Waals surface area (Å²) < 4.78 is 51.8. The van der Waals surface area contributed by atoms with Crippen molar-refractivity contribution in [2.75, 3.05) is 26.9 Å². The van der Waals surface area contributed by atoms with Crippen LogP contribution in [0.2, 0.25) is 0 Å². The maximum absolute atomic E-state index is 13.7. The fourth-order valence-electron chi connectivity index (χ4n) is 6.35. The maximum Gasteiger partial charge on any atom is 0.407 e. The number of benzene rings is 2. The number of aliphatic hydroxyl groups excluding tert-OH is 1. The summed E-state index contributed by atoms with van der Waals surface area (Å²) in [6.45, 7) is 2.72. The molecular weight excluding hydrogens is 708 g/mol. The number of hydrogen-bond donors (Lipinski definition) is 4. The van der Waals surface area contributed by atoms with Crippen LogP contribution in [0.25, 0.3) is 11.1 Å². The fraction of sp³-hybridized carbons (Fsp3) is 0.474. The monoisotopic (exact) mass is 755 g/mol. The molecule has 2 aliphatic heterocycles. The topological polar surface area (TPSA) is 170 Å². The normalized spacial score (nSPS) is 19.8. The molecule has 0 unspecified atom stereocenters. The highest BCUT2D eigenvalue weighted by Crippen LogP contribution is 2.33. The van der Waals surface area contributed by atoms with Crippen LogP contribution in [0.15, 0.2) is 73.1 Å².